The number of hydrogen-bond donors (Lipinski definition) is 2. The Labute approximate surface area is 196 Å². The molecule has 174 valence electrons. The molecule has 2 aromatic carbocycles. The monoisotopic (exact) mass is 459 g/mol. The first kappa shape index (κ1) is 21.9. The number of likely N-dealkylation sites (tertiary alicyclic amines) is 1. The van der Waals surface area contributed by atoms with E-state index in [0.29, 0.717) is 37.5 Å². The van der Waals surface area contributed by atoms with Crippen LogP contribution in [0, 0.1) is 5.82 Å². The van der Waals surface area contributed by atoms with Gasteiger partial charge in [-0.3, -0.25) is 9.89 Å². The third-order valence-electron chi connectivity index (χ3n) is 6.11. The first-order chi connectivity index (χ1) is 16.7. The fraction of sp³-hybridized carbons (Fsp3) is 0.320. The van der Waals surface area contributed by atoms with E-state index in [0.717, 1.165) is 41.7 Å². The van der Waals surface area contributed by atoms with E-state index in [1.54, 1.807) is 18.5 Å². The van der Waals surface area contributed by atoms with E-state index in [9.17, 15) is 9.18 Å². The second-order valence-electron chi connectivity index (χ2n) is 8.46. The molecule has 0 spiro atoms. The molecule has 2 aromatic heterocycles. The zero-order valence-electron chi connectivity index (χ0n) is 18.7. The first-order valence-corrected chi connectivity index (χ1v) is 11.6. The molecule has 0 unspecified atom stereocenters. The molecule has 2 N–H and O–H groups in total. The summed E-state index contributed by atoms with van der Waals surface area (Å²) in [5.41, 5.74) is 1.84. The van der Waals surface area contributed by atoms with E-state index in [4.69, 9.17) is 0 Å². The van der Waals surface area contributed by atoms with Crippen LogP contribution in [0.25, 0.3) is 10.9 Å². The number of benzene rings is 2. The van der Waals surface area contributed by atoms with Crippen molar-refractivity contribution >= 4 is 22.6 Å². The van der Waals surface area contributed by atoms with Crippen molar-refractivity contribution in [2.75, 3.05) is 18.4 Å². The van der Waals surface area contributed by atoms with Crippen LogP contribution in [0.4, 0.5) is 10.2 Å². The number of hydrogen-bond acceptors (Lipinski definition) is 6. The highest BCUT2D eigenvalue weighted by atomic mass is 19.1. The summed E-state index contributed by atoms with van der Waals surface area (Å²) in [5, 5.41) is 11.7. The van der Waals surface area contributed by atoms with Crippen molar-refractivity contribution in [1.29, 1.82) is 0 Å². The summed E-state index contributed by atoms with van der Waals surface area (Å²) in [6.07, 6.45) is 5.01. The van der Waals surface area contributed by atoms with Gasteiger partial charge in [-0.05, 0) is 49.1 Å². The normalized spacial score (nSPS) is 15.7. The number of para-hydroxylation sites is 1. The molecule has 4 aromatic rings. The highest BCUT2D eigenvalue weighted by Crippen LogP contribution is 2.30. The lowest BCUT2D eigenvalue weighted by atomic mass is 10.1. The SMILES string of the molecule is O=C(CCCNc1ncnc2ccccc12)N1CCC[C@H]1c1n[nH]c(Cc2ccc(F)cc2)n1. The van der Waals surface area contributed by atoms with Gasteiger partial charge < -0.3 is 10.2 Å². The lowest BCUT2D eigenvalue weighted by Gasteiger charge is -2.22. The van der Waals surface area contributed by atoms with Crippen LogP contribution in [0.5, 0.6) is 0 Å². The summed E-state index contributed by atoms with van der Waals surface area (Å²) in [6.45, 7) is 1.36. The number of halogens is 1. The fourth-order valence-electron chi connectivity index (χ4n) is 4.40. The maximum Gasteiger partial charge on any atom is 0.223 e. The molecular weight excluding hydrogens is 433 g/mol. The molecule has 34 heavy (non-hydrogen) atoms. The number of H-pyrrole nitrogens is 1. The standard InChI is InChI=1S/C25H26FN7O/c26-18-11-9-17(10-12-18)15-22-30-25(32-31-22)21-7-4-14-33(21)23(34)8-3-13-27-24-19-5-1-2-6-20(19)28-16-29-24/h1-2,5-6,9-12,16,21H,3-4,7-8,13-15H2,(H,27,28,29)(H,30,31,32)/t21-/m0/s1. The highest BCUT2D eigenvalue weighted by molar-refractivity contribution is 5.88. The van der Waals surface area contributed by atoms with Crippen LogP contribution < -0.4 is 5.32 Å². The van der Waals surface area contributed by atoms with Gasteiger partial charge in [0.1, 0.15) is 23.8 Å². The molecular formula is C25H26FN7O. The van der Waals surface area contributed by atoms with Gasteiger partial charge in [-0.1, -0.05) is 24.3 Å². The van der Waals surface area contributed by atoms with Gasteiger partial charge in [0, 0.05) is 31.3 Å². The van der Waals surface area contributed by atoms with Crippen LogP contribution in [-0.4, -0.2) is 49.0 Å². The molecule has 9 heteroatoms. The van der Waals surface area contributed by atoms with Gasteiger partial charge in [-0.2, -0.15) is 5.10 Å². The minimum atomic E-state index is -0.261. The Morgan fingerprint density at radius 2 is 2.00 bits per heavy atom. The molecule has 3 heterocycles. The Morgan fingerprint density at radius 3 is 2.88 bits per heavy atom. The number of aromatic amines is 1. The van der Waals surface area contributed by atoms with E-state index in [1.165, 1.54) is 12.1 Å². The topological polar surface area (TPSA) is 99.7 Å². The smallest absolute Gasteiger partial charge is 0.223 e. The van der Waals surface area contributed by atoms with Crippen LogP contribution in [0.2, 0.25) is 0 Å². The fourth-order valence-corrected chi connectivity index (χ4v) is 4.40. The Kier molecular flexibility index (Phi) is 6.42. The van der Waals surface area contributed by atoms with Crippen molar-refractivity contribution in [2.24, 2.45) is 0 Å². The highest BCUT2D eigenvalue weighted by Gasteiger charge is 2.32. The predicted octanol–water partition coefficient (Wildman–Crippen LogP) is 4.03. The minimum absolute atomic E-state index is 0.107. The van der Waals surface area contributed by atoms with Gasteiger partial charge >= 0.3 is 0 Å². The second kappa shape index (κ2) is 9.94. The third kappa shape index (κ3) is 4.88. The molecule has 0 radical (unpaired) electrons. The summed E-state index contributed by atoms with van der Waals surface area (Å²) >= 11 is 0. The van der Waals surface area contributed by atoms with E-state index in [1.807, 2.05) is 29.2 Å². The van der Waals surface area contributed by atoms with Crippen molar-refractivity contribution in [3.8, 4) is 0 Å². The molecule has 8 nitrogen and oxygen atoms in total. The Hall–Kier alpha value is -3.88. The summed E-state index contributed by atoms with van der Waals surface area (Å²) in [6, 6.07) is 14.1. The maximum absolute atomic E-state index is 13.1. The summed E-state index contributed by atoms with van der Waals surface area (Å²) in [5.74, 6) is 1.99. The first-order valence-electron chi connectivity index (χ1n) is 11.6. The van der Waals surface area contributed by atoms with Gasteiger partial charge in [-0.15, -0.1) is 0 Å². The summed E-state index contributed by atoms with van der Waals surface area (Å²) < 4.78 is 13.1. The van der Waals surface area contributed by atoms with Crippen molar-refractivity contribution in [1.82, 2.24) is 30.0 Å². The van der Waals surface area contributed by atoms with Gasteiger partial charge in [0.2, 0.25) is 5.91 Å². The van der Waals surface area contributed by atoms with E-state index in [2.05, 4.69) is 30.5 Å². The number of amides is 1. The molecule has 1 fully saturated rings. The largest absolute Gasteiger partial charge is 0.369 e. The Morgan fingerprint density at radius 1 is 1.15 bits per heavy atom. The van der Waals surface area contributed by atoms with Gasteiger partial charge in [0.25, 0.3) is 0 Å². The van der Waals surface area contributed by atoms with Crippen LogP contribution in [0.3, 0.4) is 0 Å². The van der Waals surface area contributed by atoms with E-state index in [-0.39, 0.29) is 17.8 Å². The Bertz CT molecular complexity index is 1270. The second-order valence-corrected chi connectivity index (χ2v) is 8.46. The quantitative estimate of drug-likeness (QED) is 0.386. The third-order valence-corrected chi connectivity index (χ3v) is 6.11. The van der Waals surface area contributed by atoms with Crippen molar-refractivity contribution in [2.45, 2.75) is 38.1 Å². The van der Waals surface area contributed by atoms with Crippen molar-refractivity contribution in [3.05, 3.63) is 77.9 Å². The molecule has 1 atom stereocenters. The average Bonchev–Trinajstić information content (AvgIpc) is 3.53. The van der Waals surface area contributed by atoms with Crippen molar-refractivity contribution in [3.63, 3.8) is 0 Å². The number of rotatable bonds is 8. The van der Waals surface area contributed by atoms with Crippen molar-refractivity contribution < 1.29 is 9.18 Å². The molecule has 0 bridgehead atoms. The minimum Gasteiger partial charge on any atom is -0.369 e. The number of nitrogens with one attached hydrogen (secondary N) is 2. The maximum atomic E-state index is 13.1. The lowest BCUT2D eigenvalue weighted by Crippen LogP contribution is -2.31. The number of carbonyl (C=O) groups is 1. The van der Waals surface area contributed by atoms with Gasteiger partial charge in [-0.25, -0.2) is 19.3 Å². The Balaban J connectivity index is 1.15. The molecule has 1 amide bonds. The predicted molar refractivity (Wildman–Crippen MR) is 127 cm³/mol. The van der Waals surface area contributed by atoms with E-state index < -0.39 is 0 Å². The molecule has 5 rings (SSSR count). The molecule has 1 aliphatic rings. The van der Waals surface area contributed by atoms with E-state index >= 15 is 0 Å². The summed E-state index contributed by atoms with van der Waals surface area (Å²) in [4.78, 5) is 28.1. The zero-order chi connectivity index (χ0) is 23.3. The summed E-state index contributed by atoms with van der Waals surface area (Å²) in [7, 11) is 0. The van der Waals surface area contributed by atoms with Crippen LogP contribution in [0.15, 0.2) is 54.9 Å². The van der Waals surface area contributed by atoms with Crippen LogP contribution in [-0.2, 0) is 11.2 Å². The molecule has 0 saturated carbocycles. The molecule has 0 aliphatic carbocycles. The van der Waals surface area contributed by atoms with Crippen LogP contribution >= 0.6 is 0 Å². The number of anilines is 1. The number of aromatic nitrogens is 5. The molecule has 1 aliphatic heterocycles. The lowest BCUT2D eigenvalue weighted by molar-refractivity contribution is -0.132. The number of fused-ring (bicyclic) bond motifs is 1. The van der Waals surface area contributed by atoms with Gasteiger partial charge in [0.05, 0.1) is 11.6 Å². The average molecular weight is 460 g/mol. The zero-order valence-corrected chi connectivity index (χ0v) is 18.7. The van der Waals surface area contributed by atoms with Gasteiger partial charge in [0.15, 0.2) is 5.82 Å². The number of carbonyl (C=O) groups excluding carboxylic acids is 1. The number of nitrogens with zero attached hydrogens (tertiary/aromatic N) is 5. The molecule has 1 saturated heterocycles. The van der Waals surface area contributed by atoms with Crippen LogP contribution in [0.1, 0.15) is 48.9 Å².